The van der Waals surface area contributed by atoms with Gasteiger partial charge in [0.1, 0.15) is 6.67 Å². The van der Waals surface area contributed by atoms with Gasteiger partial charge in [0.2, 0.25) is 0 Å². The summed E-state index contributed by atoms with van der Waals surface area (Å²) in [5.74, 6) is 0. The first-order valence-electron chi connectivity index (χ1n) is 4.57. The number of rotatable bonds is 5. The molecule has 0 heterocycles. The molecule has 0 atom stereocenters. The van der Waals surface area contributed by atoms with Gasteiger partial charge in [-0.1, -0.05) is 20.8 Å². The first-order valence-corrected chi connectivity index (χ1v) is 4.57. The van der Waals surface area contributed by atoms with E-state index in [1.54, 1.807) is 0 Å². The van der Waals surface area contributed by atoms with E-state index in [1.165, 1.54) is 0 Å². The minimum atomic E-state index is -0.400. The predicted molar refractivity (Wildman–Crippen MR) is 50.1 cm³/mol. The Bertz CT molecular complexity index is 130. The lowest BCUT2D eigenvalue weighted by Gasteiger charge is -2.40. The molecule has 0 aliphatic rings. The largest absolute Gasteiger partial charge is 0.372 e. The average Bonchev–Trinajstić information content (AvgIpc) is 2.00. The molecule has 0 aromatic carbocycles. The summed E-state index contributed by atoms with van der Waals surface area (Å²) in [6.07, 6.45) is 1.03. The molecule has 0 aromatic rings. The summed E-state index contributed by atoms with van der Waals surface area (Å²) in [6.45, 7) is 10.3. The van der Waals surface area contributed by atoms with Crippen molar-refractivity contribution >= 4 is 0 Å². The Morgan fingerprint density at radius 1 is 1.17 bits per heavy atom. The highest BCUT2D eigenvalue weighted by atomic mass is 19.1. The van der Waals surface area contributed by atoms with Gasteiger partial charge in [0.05, 0.1) is 12.2 Å². The van der Waals surface area contributed by atoms with Crippen LogP contribution in [0.5, 0.6) is 0 Å². The third-order valence-electron chi connectivity index (χ3n) is 3.05. The predicted octanol–water partition coefficient (Wildman–Crippen LogP) is 3.19. The zero-order chi connectivity index (χ0) is 9.83. The molecule has 0 amide bonds. The SMILES string of the molecule is CCC(C)(C)C(C)(C)OCCF. The average molecular weight is 176 g/mol. The van der Waals surface area contributed by atoms with Gasteiger partial charge in [-0.2, -0.15) is 0 Å². The molecule has 0 aromatic heterocycles. The van der Waals surface area contributed by atoms with Gasteiger partial charge in [-0.3, -0.25) is 0 Å². The fourth-order valence-electron chi connectivity index (χ4n) is 0.915. The van der Waals surface area contributed by atoms with Crippen molar-refractivity contribution in [2.45, 2.75) is 46.6 Å². The second-order valence-electron chi connectivity index (χ2n) is 4.29. The summed E-state index contributed by atoms with van der Waals surface area (Å²) < 4.78 is 17.3. The van der Waals surface area contributed by atoms with Crippen LogP contribution >= 0.6 is 0 Å². The zero-order valence-corrected chi connectivity index (χ0v) is 8.91. The molecule has 0 N–H and O–H groups in total. The molecule has 0 rings (SSSR count). The van der Waals surface area contributed by atoms with Crippen molar-refractivity contribution in [1.29, 1.82) is 0 Å². The maximum absolute atomic E-state index is 11.9. The van der Waals surface area contributed by atoms with E-state index in [0.717, 1.165) is 6.42 Å². The quantitative estimate of drug-likeness (QED) is 0.625. The van der Waals surface area contributed by atoms with Gasteiger partial charge in [-0.15, -0.1) is 0 Å². The summed E-state index contributed by atoms with van der Waals surface area (Å²) in [5.41, 5.74) is -0.143. The number of hydrogen-bond acceptors (Lipinski definition) is 1. The standard InChI is InChI=1S/C10H21FO/c1-6-9(2,3)10(4,5)12-8-7-11/h6-8H2,1-5H3. The zero-order valence-electron chi connectivity index (χ0n) is 8.91. The fraction of sp³-hybridized carbons (Fsp3) is 1.00. The molecular weight excluding hydrogens is 155 g/mol. The Balaban J connectivity index is 4.17. The maximum atomic E-state index is 11.9. The molecule has 0 aliphatic carbocycles. The Morgan fingerprint density at radius 3 is 2.00 bits per heavy atom. The number of halogens is 1. The molecule has 0 spiro atoms. The van der Waals surface area contributed by atoms with Crippen molar-refractivity contribution in [3.8, 4) is 0 Å². The van der Waals surface area contributed by atoms with E-state index in [-0.39, 0.29) is 17.6 Å². The summed E-state index contributed by atoms with van der Waals surface area (Å²) in [7, 11) is 0. The second-order valence-corrected chi connectivity index (χ2v) is 4.29. The van der Waals surface area contributed by atoms with E-state index in [9.17, 15) is 4.39 Å². The van der Waals surface area contributed by atoms with E-state index in [2.05, 4.69) is 20.8 Å². The Kier molecular flexibility index (Phi) is 4.18. The third kappa shape index (κ3) is 2.74. The van der Waals surface area contributed by atoms with Gasteiger partial charge in [0.15, 0.2) is 0 Å². The van der Waals surface area contributed by atoms with Gasteiger partial charge in [-0.05, 0) is 25.7 Å². The van der Waals surface area contributed by atoms with E-state index >= 15 is 0 Å². The Hall–Kier alpha value is -0.110. The van der Waals surface area contributed by atoms with Crippen molar-refractivity contribution in [3.63, 3.8) is 0 Å². The minimum Gasteiger partial charge on any atom is -0.372 e. The normalized spacial score (nSPS) is 13.5. The highest BCUT2D eigenvalue weighted by Gasteiger charge is 2.36. The topological polar surface area (TPSA) is 9.23 Å². The molecule has 0 saturated carbocycles. The fourth-order valence-corrected chi connectivity index (χ4v) is 0.915. The lowest BCUT2D eigenvalue weighted by atomic mass is 9.75. The van der Waals surface area contributed by atoms with Crippen molar-refractivity contribution in [2.24, 2.45) is 5.41 Å². The first kappa shape index (κ1) is 11.9. The lowest BCUT2D eigenvalue weighted by molar-refractivity contribution is -0.102. The lowest BCUT2D eigenvalue weighted by Crippen LogP contribution is -2.41. The first-order chi connectivity index (χ1) is 5.37. The van der Waals surface area contributed by atoms with E-state index < -0.39 is 6.67 Å². The van der Waals surface area contributed by atoms with E-state index in [4.69, 9.17) is 4.74 Å². The smallest absolute Gasteiger partial charge is 0.113 e. The van der Waals surface area contributed by atoms with Crippen LogP contribution < -0.4 is 0 Å². The van der Waals surface area contributed by atoms with Crippen LogP contribution in [0.25, 0.3) is 0 Å². The van der Waals surface area contributed by atoms with Crippen molar-refractivity contribution in [2.75, 3.05) is 13.3 Å². The molecule has 74 valence electrons. The summed E-state index contributed by atoms with van der Waals surface area (Å²) in [6, 6.07) is 0. The molecule has 0 unspecified atom stereocenters. The van der Waals surface area contributed by atoms with Crippen LogP contribution in [0.1, 0.15) is 41.0 Å². The molecule has 12 heavy (non-hydrogen) atoms. The van der Waals surface area contributed by atoms with Crippen LogP contribution in [-0.4, -0.2) is 18.9 Å². The molecule has 0 radical (unpaired) electrons. The molecule has 0 bridgehead atoms. The second kappa shape index (κ2) is 4.22. The number of hydrogen-bond donors (Lipinski definition) is 0. The number of alkyl halides is 1. The van der Waals surface area contributed by atoms with Gasteiger partial charge >= 0.3 is 0 Å². The third-order valence-corrected chi connectivity index (χ3v) is 3.05. The molecule has 0 fully saturated rings. The van der Waals surface area contributed by atoms with Crippen molar-refractivity contribution in [1.82, 2.24) is 0 Å². The molecule has 1 nitrogen and oxygen atoms in total. The van der Waals surface area contributed by atoms with Crippen LogP contribution in [-0.2, 0) is 4.74 Å². The van der Waals surface area contributed by atoms with E-state index in [1.807, 2.05) is 13.8 Å². The molecular formula is C10H21FO. The minimum absolute atomic E-state index is 0.0994. The number of ether oxygens (including phenoxy) is 1. The molecule has 0 aliphatic heterocycles. The van der Waals surface area contributed by atoms with Gasteiger partial charge in [0.25, 0.3) is 0 Å². The highest BCUT2D eigenvalue weighted by molar-refractivity contribution is 4.86. The van der Waals surface area contributed by atoms with Crippen LogP contribution in [0.2, 0.25) is 0 Å². The van der Waals surface area contributed by atoms with E-state index in [0.29, 0.717) is 0 Å². The summed E-state index contributed by atoms with van der Waals surface area (Å²) in [4.78, 5) is 0. The summed E-state index contributed by atoms with van der Waals surface area (Å²) >= 11 is 0. The molecule has 0 saturated heterocycles. The van der Waals surface area contributed by atoms with Crippen molar-refractivity contribution < 1.29 is 9.13 Å². The van der Waals surface area contributed by atoms with Gasteiger partial charge in [0, 0.05) is 0 Å². The van der Waals surface area contributed by atoms with Crippen LogP contribution in [0.15, 0.2) is 0 Å². The van der Waals surface area contributed by atoms with Crippen molar-refractivity contribution in [3.05, 3.63) is 0 Å². The van der Waals surface area contributed by atoms with Gasteiger partial charge in [-0.25, -0.2) is 4.39 Å². The Labute approximate surface area is 75.3 Å². The van der Waals surface area contributed by atoms with Crippen LogP contribution in [0.4, 0.5) is 4.39 Å². The summed E-state index contributed by atoms with van der Waals surface area (Å²) in [5, 5.41) is 0. The van der Waals surface area contributed by atoms with Crippen LogP contribution in [0.3, 0.4) is 0 Å². The maximum Gasteiger partial charge on any atom is 0.113 e. The highest BCUT2D eigenvalue weighted by Crippen LogP contribution is 2.36. The monoisotopic (exact) mass is 176 g/mol. The molecule has 2 heteroatoms. The van der Waals surface area contributed by atoms with Crippen LogP contribution in [0, 0.1) is 5.41 Å². The van der Waals surface area contributed by atoms with Gasteiger partial charge < -0.3 is 4.74 Å². The Morgan fingerprint density at radius 2 is 1.67 bits per heavy atom.